The summed E-state index contributed by atoms with van der Waals surface area (Å²) in [7, 11) is 0. The van der Waals surface area contributed by atoms with Gasteiger partial charge in [-0.3, -0.25) is 4.90 Å². The standard InChI is InChI=1S/C15H19N3/c1-13(2)18(12-6-10-16)15(9-11-17)14-7-4-3-5-8-14/h3-5,7-8,13,15H,6,9,12H2,1-2H3. The van der Waals surface area contributed by atoms with Crippen LogP contribution in [0.25, 0.3) is 0 Å². The van der Waals surface area contributed by atoms with Crippen LogP contribution in [0.1, 0.15) is 38.3 Å². The van der Waals surface area contributed by atoms with E-state index in [4.69, 9.17) is 10.5 Å². The summed E-state index contributed by atoms with van der Waals surface area (Å²) in [6.07, 6.45) is 0.945. The Labute approximate surface area is 109 Å². The van der Waals surface area contributed by atoms with Crippen molar-refractivity contribution < 1.29 is 0 Å². The molecule has 18 heavy (non-hydrogen) atoms. The van der Waals surface area contributed by atoms with Gasteiger partial charge in [-0.1, -0.05) is 30.3 Å². The van der Waals surface area contributed by atoms with E-state index in [1.165, 1.54) is 0 Å². The quantitative estimate of drug-likeness (QED) is 0.768. The Hall–Kier alpha value is -1.84. The van der Waals surface area contributed by atoms with Gasteiger partial charge in [0.2, 0.25) is 0 Å². The fraction of sp³-hybridized carbons (Fsp3) is 0.467. The molecule has 1 aromatic rings. The highest BCUT2D eigenvalue weighted by atomic mass is 15.2. The van der Waals surface area contributed by atoms with Crippen molar-refractivity contribution in [2.75, 3.05) is 6.54 Å². The molecule has 0 aromatic heterocycles. The molecule has 0 saturated heterocycles. The average molecular weight is 241 g/mol. The van der Waals surface area contributed by atoms with Crippen LogP contribution in [0.4, 0.5) is 0 Å². The minimum absolute atomic E-state index is 0.0737. The van der Waals surface area contributed by atoms with Gasteiger partial charge in [0.1, 0.15) is 0 Å². The third-order valence-electron chi connectivity index (χ3n) is 3.01. The fourth-order valence-corrected chi connectivity index (χ4v) is 2.14. The number of benzene rings is 1. The van der Waals surface area contributed by atoms with Gasteiger partial charge >= 0.3 is 0 Å². The van der Waals surface area contributed by atoms with Crippen LogP contribution in [0.3, 0.4) is 0 Å². The summed E-state index contributed by atoms with van der Waals surface area (Å²) in [6.45, 7) is 4.91. The molecular weight excluding hydrogens is 222 g/mol. The fourth-order valence-electron chi connectivity index (χ4n) is 2.14. The molecular formula is C15H19N3. The van der Waals surface area contributed by atoms with Gasteiger partial charge < -0.3 is 0 Å². The lowest BCUT2D eigenvalue weighted by atomic mass is 10.0. The van der Waals surface area contributed by atoms with Crippen LogP contribution in [0.15, 0.2) is 30.3 Å². The molecule has 1 atom stereocenters. The van der Waals surface area contributed by atoms with Crippen LogP contribution >= 0.6 is 0 Å². The van der Waals surface area contributed by atoms with E-state index < -0.39 is 0 Å². The molecule has 1 aromatic carbocycles. The van der Waals surface area contributed by atoms with E-state index in [-0.39, 0.29) is 6.04 Å². The lowest BCUT2D eigenvalue weighted by molar-refractivity contribution is 0.158. The third kappa shape index (κ3) is 3.87. The predicted octanol–water partition coefficient (Wildman–Crippen LogP) is 3.27. The van der Waals surface area contributed by atoms with Gasteiger partial charge in [0, 0.05) is 25.0 Å². The van der Waals surface area contributed by atoms with Gasteiger partial charge in [0.25, 0.3) is 0 Å². The molecule has 0 bridgehead atoms. The van der Waals surface area contributed by atoms with Crippen LogP contribution < -0.4 is 0 Å². The Morgan fingerprint density at radius 2 is 1.78 bits per heavy atom. The molecule has 3 heteroatoms. The zero-order valence-corrected chi connectivity index (χ0v) is 11.0. The normalized spacial score (nSPS) is 12.1. The topological polar surface area (TPSA) is 50.8 Å². The third-order valence-corrected chi connectivity index (χ3v) is 3.01. The van der Waals surface area contributed by atoms with E-state index in [0.717, 1.165) is 5.56 Å². The molecule has 3 nitrogen and oxygen atoms in total. The first-order valence-corrected chi connectivity index (χ1v) is 6.25. The summed E-state index contributed by atoms with van der Waals surface area (Å²) in [6, 6.07) is 14.9. The van der Waals surface area contributed by atoms with E-state index in [1.807, 2.05) is 30.3 Å². The first kappa shape index (κ1) is 14.2. The maximum atomic E-state index is 9.01. The smallest absolute Gasteiger partial charge is 0.0641 e. The van der Waals surface area contributed by atoms with Crippen molar-refractivity contribution in [3.8, 4) is 12.1 Å². The molecule has 1 unspecified atom stereocenters. The highest BCUT2D eigenvalue weighted by molar-refractivity contribution is 5.20. The van der Waals surface area contributed by atoms with Gasteiger partial charge in [-0.2, -0.15) is 10.5 Å². The zero-order valence-electron chi connectivity index (χ0n) is 11.0. The summed E-state index contributed by atoms with van der Waals surface area (Å²) < 4.78 is 0. The lowest BCUT2D eigenvalue weighted by Gasteiger charge is -2.33. The van der Waals surface area contributed by atoms with E-state index in [1.54, 1.807) is 0 Å². The molecule has 0 amide bonds. The second-order valence-electron chi connectivity index (χ2n) is 4.53. The summed E-state index contributed by atoms with van der Waals surface area (Å²) in [5.74, 6) is 0. The molecule has 0 heterocycles. The van der Waals surface area contributed by atoms with Crippen molar-refractivity contribution in [2.24, 2.45) is 0 Å². The largest absolute Gasteiger partial charge is 0.292 e. The molecule has 0 saturated carbocycles. The minimum Gasteiger partial charge on any atom is -0.292 e. The molecule has 94 valence electrons. The molecule has 0 radical (unpaired) electrons. The molecule has 0 fully saturated rings. The van der Waals surface area contributed by atoms with Crippen molar-refractivity contribution in [3.63, 3.8) is 0 Å². The monoisotopic (exact) mass is 241 g/mol. The minimum atomic E-state index is 0.0737. The van der Waals surface area contributed by atoms with Crippen LogP contribution in [0, 0.1) is 22.7 Å². The molecule has 0 aliphatic rings. The van der Waals surface area contributed by atoms with Gasteiger partial charge in [-0.15, -0.1) is 0 Å². The first-order valence-electron chi connectivity index (χ1n) is 6.25. The maximum Gasteiger partial charge on any atom is 0.0641 e. The molecule has 0 aliphatic heterocycles. The van der Waals surface area contributed by atoms with Gasteiger partial charge in [0.15, 0.2) is 0 Å². The van der Waals surface area contributed by atoms with Gasteiger partial charge in [-0.05, 0) is 19.4 Å². The van der Waals surface area contributed by atoms with Crippen LogP contribution in [-0.4, -0.2) is 17.5 Å². The number of hydrogen-bond donors (Lipinski definition) is 0. The van der Waals surface area contributed by atoms with E-state index in [9.17, 15) is 0 Å². The van der Waals surface area contributed by atoms with Crippen LogP contribution in [0.2, 0.25) is 0 Å². The van der Waals surface area contributed by atoms with Crippen molar-refractivity contribution in [1.82, 2.24) is 4.90 Å². The van der Waals surface area contributed by atoms with Crippen molar-refractivity contribution >= 4 is 0 Å². The van der Waals surface area contributed by atoms with Crippen molar-refractivity contribution in [3.05, 3.63) is 35.9 Å². The Kier molecular flexibility index (Phi) is 5.91. The van der Waals surface area contributed by atoms with Gasteiger partial charge in [-0.25, -0.2) is 0 Å². The molecule has 0 N–H and O–H groups in total. The Morgan fingerprint density at radius 1 is 1.11 bits per heavy atom. The van der Waals surface area contributed by atoms with Crippen LogP contribution in [0.5, 0.6) is 0 Å². The molecule has 0 spiro atoms. The Morgan fingerprint density at radius 3 is 2.28 bits per heavy atom. The van der Waals surface area contributed by atoms with E-state index in [2.05, 4.69) is 30.9 Å². The second-order valence-corrected chi connectivity index (χ2v) is 4.53. The average Bonchev–Trinajstić information content (AvgIpc) is 2.38. The summed E-state index contributed by atoms with van der Waals surface area (Å²) in [5.41, 5.74) is 1.14. The predicted molar refractivity (Wildman–Crippen MR) is 71.5 cm³/mol. The number of hydrogen-bond acceptors (Lipinski definition) is 3. The number of rotatable bonds is 6. The summed E-state index contributed by atoms with van der Waals surface area (Å²) in [4.78, 5) is 2.22. The van der Waals surface area contributed by atoms with Gasteiger partial charge in [0.05, 0.1) is 18.6 Å². The van der Waals surface area contributed by atoms with E-state index in [0.29, 0.717) is 25.4 Å². The molecule has 1 rings (SSSR count). The second kappa shape index (κ2) is 7.48. The highest BCUT2D eigenvalue weighted by Gasteiger charge is 2.22. The number of nitrogens with zero attached hydrogens (tertiary/aromatic N) is 3. The van der Waals surface area contributed by atoms with E-state index >= 15 is 0 Å². The van der Waals surface area contributed by atoms with Crippen molar-refractivity contribution in [1.29, 1.82) is 10.5 Å². The summed E-state index contributed by atoms with van der Waals surface area (Å²) in [5, 5.41) is 17.7. The molecule has 0 aliphatic carbocycles. The zero-order chi connectivity index (χ0) is 13.4. The maximum absolute atomic E-state index is 9.01. The lowest BCUT2D eigenvalue weighted by Crippen LogP contribution is -2.35. The highest BCUT2D eigenvalue weighted by Crippen LogP contribution is 2.26. The Bertz CT molecular complexity index is 425. The SMILES string of the molecule is CC(C)N(CCC#N)C(CC#N)c1ccccc1. The summed E-state index contributed by atoms with van der Waals surface area (Å²) >= 11 is 0. The Balaban J connectivity index is 2.94. The van der Waals surface area contributed by atoms with Crippen LogP contribution in [-0.2, 0) is 0 Å². The first-order chi connectivity index (χ1) is 8.70. The van der Waals surface area contributed by atoms with Crippen molar-refractivity contribution in [2.45, 2.75) is 38.8 Å². The number of nitriles is 2.